The Morgan fingerprint density at radius 1 is 1.39 bits per heavy atom. The highest BCUT2D eigenvalue weighted by Crippen LogP contribution is 2.23. The molecule has 0 spiro atoms. The highest BCUT2D eigenvalue weighted by atomic mass is 16.3. The van der Waals surface area contributed by atoms with Crippen molar-refractivity contribution in [3.05, 3.63) is 53.0 Å². The predicted octanol–water partition coefficient (Wildman–Crippen LogP) is 3.20. The number of hydrogen-bond acceptors (Lipinski definition) is 3. The van der Waals surface area contributed by atoms with E-state index in [1.54, 1.807) is 12.5 Å². The Morgan fingerprint density at radius 2 is 2.17 bits per heavy atom. The van der Waals surface area contributed by atoms with Gasteiger partial charge in [0.1, 0.15) is 5.58 Å². The number of carbonyl (C=O) groups excluding carboxylic acids is 1. The summed E-state index contributed by atoms with van der Waals surface area (Å²) in [7, 11) is 1.90. The quantitative estimate of drug-likeness (QED) is 0.805. The first kappa shape index (κ1) is 15.3. The van der Waals surface area contributed by atoms with E-state index in [2.05, 4.69) is 10.4 Å². The van der Waals surface area contributed by atoms with Gasteiger partial charge in [-0.05, 0) is 32.4 Å². The van der Waals surface area contributed by atoms with Gasteiger partial charge in [-0.3, -0.25) is 9.48 Å². The average molecular weight is 311 g/mol. The summed E-state index contributed by atoms with van der Waals surface area (Å²) in [6.45, 7) is 5.99. The summed E-state index contributed by atoms with van der Waals surface area (Å²) in [5.41, 5.74) is 4.97. The number of rotatable bonds is 4. The summed E-state index contributed by atoms with van der Waals surface area (Å²) in [5.74, 6) is -0.0240. The monoisotopic (exact) mass is 311 g/mol. The molecule has 0 aliphatic carbocycles. The number of nitrogens with zero attached hydrogens (tertiary/aromatic N) is 2. The van der Waals surface area contributed by atoms with E-state index < -0.39 is 0 Å². The van der Waals surface area contributed by atoms with Gasteiger partial charge in [0, 0.05) is 29.3 Å². The first-order valence-corrected chi connectivity index (χ1v) is 7.70. The van der Waals surface area contributed by atoms with Crippen molar-refractivity contribution < 1.29 is 9.21 Å². The molecular formula is C18H21N3O2. The fourth-order valence-corrected chi connectivity index (χ4v) is 2.81. The van der Waals surface area contributed by atoms with E-state index in [-0.39, 0.29) is 11.9 Å². The van der Waals surface area contributed by atoms with Crippen molar-refractivity contribution in [1.82, 2.24) is 15.1 Å². The van der Waals surface area contributed by atoms with Crippen molar-refractivity contribution in [3.8, 4) is 0 Å². The van der Waals surface area contributed by atoms with Crippen molar-refractivity contribution in [2.75, 3.05) is 0 Å². The number of carbonyl (C=O) groups is 1. The molecule has 0 saturated heterocycles. The van der Waals surface area contributed by atoms with Crippen molar-refractivity contribution in [2.45, 2.75) is 33.2 Å². The molecule has 2 aromatic heterocycles. The van der Waals surface area contributed by atoms with E-state index in [0.717, 1.165) is 33.4 Å². The molecule has 3 aromatic rings. The fourth-order valence-electron chi connectivity index (χ4n) is 2.81. The van der Waals surface area contributed by atoms with Crippen LogP contribution in [0.25, 0.3) is 11.0 Å². The van der Waals surface area contributed by atoms with E-state index >= 15 is 0 Å². The number of nitrogens with one attached hydrogen (secondary N) is 1. The van der Waals surface area contributed by atoms with Gasteiger partial charge < -0.3 is 9.73 Å². The van der Waals surface area contributed by atoms with Crippen LogP contribution in [0.15, 0.2) is 35.1 Å². The lowest BCUT2D eigenvalue weighted by molar-refractivity contribution is -0.121. The molecule has 1 aromatic carbocycles. The van der Waals surface area contributed by atoms with Crippen molar-refractivity contribution in [1.29, 1.82) is 0 Å². The first-order valence-electron chi connectivity index (χ1n) is 7.70. The third-order valence-electron chi connectivity index (χ3n) is 4.28. The van der Waals surface area contributed by atoms with Crippen LogP contribution in [0.5, 0.6) is 0 Å². The minimum atomic E-state index is -0.0726. The van der Waals surface area contributed by atoms with Crippen LogP contribution >= 0.6 is 0 Å². The van der Waals surface area contributed by atoms with Gasteiger partial charge >= 0.3 is 0 Å². The molecule has 0 aliphatic rings. The Labute approximate surface area is 135 Å². The Morgan fingerprint density at radius 3 is 2.87 bits per heavy atom. The molecule has 0 aliphatic heterocycles. The fraction of sp³-hybridized carbons (Fsp3) is 0.333. The molecular weight excluding hydrogens is 290 g/mol. The number of fused-ring (bicyclic) bond motifs is 1. The third kappa shape index (κ3) is 2.99. The number of amides is 1. The molecule has 3 rings (SSSR count). The van der Waals surface area contributed by atoms with Crippen LogP contribution < -0.4 is 5.32 Å². The zero-order valence-corrected chi connectivity index (χ0v) is 13.9. The highest BCUT2D eigenvalue weighted by Gasteiger charge is 2.16. The molecule has 1 N–H and O–H groups in total. The first-order chi connectivity index (χ1) is 11.0. The molecule has 0 saturated carbocycles. The van der Waals surface area contributed by atoms with E-state index in [0.29, 0.717) is 6.42 Å². The molecule has 0 bridgehead atoms. The third-order valence-corrected chi connectivity index (χ3v) is 4.28. The number of furan rings is 1. The smallest absolute Gasteiger partial charge is 0.225 e. The summed E-state index contributed by atoms with van der Waals surface area (Å²) in [6, 6.07) is 5.95. The number of aryl methyl sites for hydroxylation is 2. The Hall–Kier alpha value is -2.56. The normalized spacial score (nSPS) is 12.5. The molecule has 1 amide bonds. The van der Waals surface area contributed by atoms with Gasteiger partial charge in [0.25, 0.3) is 0 Å². The summed E-state index contributed by atoms with van der Waals surface area (Å²) in [6.07, 6.45) is 3.78. The van der Waals surface area contributed by atoms with Crippen molar-refractivity contribution in [2.24, 2.45) is 7.05 Å². The van der Waals surface area contributed by atoms with Crippen molar-refractivity contribution >= 4 is 16.9 Å². The average Bonchev–Trinajstić information content (AvgIpc) is 3.03. The van der Waals surface area contributed by atoms with Gasteiger partial charge in [-0.25, -0.2) is 0 Å². The molecule has 23 heavy (non-hydrogen) atoms. The molecule has 2 heterocycles. The summed E-state index contributed by atoms with van der Waals surface area (Å²) >= 11 is 0. The maximum atomic E-state index is 12.3. The van der Waals surface area contributed by atoms with Crippen LogP contribution in [-0.4, -0.2) is 15.7 Å². The van der Waals surface area contributed by atoms with Crippen molar-refractivity contribution in [3.63, 3.8) is 0 Å². The molecule has 5 nitrogen and oxygen atoms in total. The molecule has 1 atom stereocenters. The zero-order chi connectivity index (χ0) is 16.6. The van der Waals surface area contributed by atoms with Crippen LogP contribution in [0.2, 0.25) is 0 Å². The minimum Gasteiger partial charge on any atom is -0.464 e. The molecule has 5 heteroatoms. The minimum absolute atomic E-state index is 0.0240. The van der Waals surface area contributed by atoms with Gasteiger partial charge in [0.05, 0.1) is 24.9 Å². The second-order valence-corrected chi connectivity index (χ2v) is 6.04. The Kier molecular flexibility index (Phi) is 3.94. The summed E-state index contributed by atoms with van der Waals surface area (Å²) in [5, 5.41) is 8.25. The predicted molar refractivity (Wildman–Crippen MR) is 89.2 cm³/mol. The Balaban J connectivity index is 1.72. The van der Waals surface area contributed by atoms with Crippen LogP contribution in [0.1, 0.15) is 35.3 Å². The summed E-state index contributed by atoms with van der Waals surface area (Å²) in [4.78, 5) is 12.3. The standard InChI is InChI=1S/C18H21N3O2/c1-11-5-6-15-14(10-23-17(15)7-11)8-18(22)20-12(2)16-9-19-21(4)13(16)3/h5-7,9-10,12H,8H2,1-4H3,(H,20,22)/t12-/m1/s1. The van der Waals surface area contributed by atoms with Gasteiger partial charge in [-0.2, -0.15) is 5.10 Å². The summed E-state index contributed by atoms with van der Waals surface area (Å²) < 4.78 is 7.36. The SMILES string of the molecule is Cc1ccc2c(CC(=O)N[C@H](C)c3cnn(C)c3C)coc2c1. The van der Waals surface area contributed by atoms with Crippen LogP contribution in [0.4, 0.5) is 0 Å². The lowest BCUT2D eigenvalue weighted by Crippen LogP contribution is -2.28. The Bertz CT molecular complexity index is 860. The van der Waals surface area contributed by atoms with Crippen LogP contribution in [0.3, 0.4) is 0 Å². The topological polar surface area (TPSA) is 60.1 Å². The van der Waals surface area contributed by atoms with E-state index in [9.17, 15) is 4.79 Å². The van der Waals surface area contributed by atoms with Gasteiger partial charge in [0.2, 0.25) is 5.91 Å². The van der Waals surface area contributed by atoms with Crippen LogP contribution in [-0.2, 0) is 18.3 Å². The molecule has 120 valence electrons. The second-order valence-electron chi connectivity index (χ2n) is 6.04. The number of hydrogen-bond donors (Lipinski definition) is 1. The van der Waals surface area contributed by atoms with Gasteiger partial charge in [-0.1, -0.05) is 12.1 Å². The zero-order valence-electron chi connectivity index (χ0n) is 13.9. The van der Waals surface area contributed by atoms with Gasteiger partial charge in [-0.15, -0.1) is 0 Å². The lowest BCUT2D eigenvalue weighted by Gasteiger charge is -2.13. The largest absolute Gasteiger partial charge is 0.464 e. The maximum Gasteiger partial charge on any atom is 0.225 e. The molecule has 0 unspecified atom stereocenters. The van der Waals surface area contributed by atoms with Gasteiger partial charge in [0.15, 0.2) is 0 Å². The number of benzene rings is 1. The van der Waals surface area contributed by atoms with E-state index in [4.69, 9.17) is 4.42 Å². The second kappa shape index (κ2) is 5.91. The van der Waals surface area contributed by atoms with E-state index in [1.165, 1.54) is 0 Å². The maximum absolute atomic E-state index is 12.3. The molecule has 0 radical (unpaired) electrons. The highest BCUT2D eigenvalue weighted by molar-refractivity contribution is 5.88. The van der Waals surface area contributed by atoms with E-state index in [1.807, 2.05) is 50.7 Å². The molecule has 0 fully saturated rings. The number of aromatic nitrogens is 2. The lowest BCUT2D eigenvalue weighted by atomic mass is 10.1. The van der Waals surface area contributed by atoms with Crippen LogP contribution in [0, 0.1) is 13.8 Å².